The van der Waals surface area contributed by atoms with Crippen molar-refractivity contribution in [1.29, 1.82) is 5.26 Å². The number of nitriles is 1. The highest BCUT2D eigenvalue weighted by Crippen LogP contribution is 2.21. The fourth-order valence-electron chi connectivity index (χ4n) is 1.79. The second-order valence-corrected chi connectivity index (χ2v) is 4.72. The number of hydrazine groups is 1. The zero-order valence-corrected chi connectivity index (χ0v) is 11.9. The van der Waals surface area contributed by atoms with Gasteiger partial charge in [0.15, 0.2) is 0 Å². The van der Waals surface area contributed by atoms with Crippen LogP contribution in [-0.2, 0) is 0 Å². The lowest BCUT2D eigenvalue weighted by Crippen LogP contribution is -2.15. The molecule has 4 N–H and O–H groups in total. The largest absolute Gasteiger partial charge is 0.321 e. The van der Waals surface area contributed by atoms with Gasteiger partial charge in [-0.05, 0) is 37.3 Å². The minimum Gasteiger partial charge on any atom is -0.321 e. The Morgan fingerprint density at radius 3 is 2.81 bits per heavy atom. The highest BCUT2D eigenvalue weighted by molar-refractivity contribution is 6.31. The molecule has 0 saturated carbocycles. The van der Waals surface area contributed by atoms with E-state index in [1.165, 1.54) is 12.1 Å². The molecule has 0 aliphatic rings. The lowest BCUT2D eigenvalue weighted by atomic mass is 10.1. The number of halogens is 1. The Morgan fingerprint density at radius 1 is 1.38 bits per heavy atom. The van der Waals surface area contributed by atoms with E-state index < -0.39 is 0 Å². The van der Waals surface area contributed by atoms with Gasteiger partial charge in [0.05, 0.1) is 11.3 Å². The summed E-state index contributed by atoms with van der Waals surface area (Å²) < 4.78 is 0. The second kappa shape index (κ2) is 6.22. The number of amides is 1. The van der Waals surface area contributed by atoms with Crippen molar-refractivity contribution in [3.8, 4) is 6.07 Å². The number of aryl methyl sites for hydroxylation is 1. The molecule has 0 unspecified atom stereocenters. The molecule has 0 saturated heterocycles. The van der Waals surface area contributed by atoms with Gasteiger partial charge in [0.1, 0.15) is 11.9 Å². The van der Waals surface area contributed by atoms with Gasteiger partial charge >= 0.3 is 0 Å². The van der Waals surface area contributed by atoms with Gasteiger partial charge in [-0.3, -0.25) is 4.79 Å². The van der Waals surface area contributed by atoms with Crippen molar-refractivity contribution in [2.75, 3.05) is 10.7 Å². The number of carbonyl (C=O) groups is 1. The van der Waals surface area contributed by atoms with Gasteiger partial charge in [0, 0.05) is 16.3 Å². The first-order chi connectivity index (χ1) is 10.0. The minimum atomic E-state index is -0.379. The molecule has 2 rings (SSSR count). The van der Waals surface area contributed by atoms with E-state index in [4.69, 9.17) is 22.7 Å². The van der Waals surface area contributed by atoms with Crippen LogP contribution in [0, 0.1) is 18.3 Å². The molecule has 0 bridgehead atoms. The average molecular weight is 302 g/mol. The van der Waals surface area contributed by atoms with Crippen molar-refractivity contribution in [2.24, 2.45) is 5.84 Å². The topological polar surface area (TPSA) is 104 Å². The summed E-state index contributed by atoms with van der Waals surface area (Å²) >= 11 is 5.88. The summed E-state index contributed by atoms with van der Waals surface area (Å²) in [5.41, 5.74) is 4.09. The van der Waals surface area contributed by atoms with E-state index in [0.717, 1.165) is 0 Å². The van der Waals surface area contributed by atoms with Crippen molar-refractivity contribution < 1.29 is 4.79 Å². The van der Waals surface area contributed by atoms with Crippen molar-refractivity contribution in [3.63, 3.8) is 0 Å². The van der Waals surface area contributed by atoms with Crippen LogP contribution in [0.1, 0.15) is 21.6 Å². The Balaban J connectivity index is 2.32. The number of benzene rings is 1. The van der Waals surface area contributed by atoms with Crippen LogP contribution in [0.2, 0.25) is 5.02 Å². The van der Waals surface area contributed by atoms with E-state index in [1.807, 2.05) is 6.07 Å². The molecule has 1 aromatic heterocycles. The molecule has 0 aliphatic carbocycles. The Hall–Kier alpha value is -2.62. The molecular weight excluding hydrogens is 290 g/mol. The number of carbonyl (C=O) groups excluding carboxylic acids is 1. The van der Waals surface area contributed by atoms with Gasteiger partial charge in [-0.1, -0.05) is 11.6 Å². The second-order valence-electron chi connectivity index (χ2n) is 4.28. The van der Waals surface area contributed by atoms with Gasteiger partial charge in [0.25, 0.3) is 5.91 Å². The molecule has 0 fully saturated rings. The van der Waals surface area contributed by atoms with E-state index in [2.05, 4.69) is 15.7 Å². The number of hydrogen-bond acceptors (Lipinski definition) is 5. The van der Waals surface area contributed by atoms with E-state index in [1.54, 1.807) is 25.1 Å². The quantitative estimate of drug-likeness (QED) is 0.597. The number of anilines is 2. The Morgan fingerprint density at radius 2 is 2.14 bits per heavy atom. The summed E-state index contributed by atoms with van der Waals surface area (Å²) in [6.07, 6.45) is 0. The first kappa shape index (κ1) is 14.8. The van der Waals surface area contributed by atoms with Crippen LogP contribution in [0.5, 0.6) is 0 Å². The van der Waals surface area contributed by atoms with Crippen molar-refractivity contribution >= 4 is 29.0 Å². The van der Waals surface area contributed by atoms with Gasteiger partial charge in [-0.2, -0.15) is 5.26 Å². The van der Waals surface area contributed by atoms with E-state index in [9.17, 15) is 4.79 Å². The predicted molar refractivity (Wildman–Crippen MR) is 80.9 cm³/mol. The molecule has 0 spiro atoms. The smallest absolute Gasteiger partial charge is 0.255 e. The zero-order chi connectivity index (χ0) is 15.4. The maximum atomic E-state index is 12.3. The minimum absolute atomic E-state index is 0.329. The molecule has 1 aromatic carbocycles. The molecule has 0 atom stereocenters. The molecule has 1 heterocycles. The summed E-state index contributed by atoms with van der Waals surface area (Å²) in [7, 11) is 0. The van der Waals surface area contributed by atoms with Gasteiger partial charge in [-0.25, -0.2) is 10.8 Å². The number of rotatable bonds is 3. The van der Waals surface area contributed by atoms with Gasteiger partial charge in [0.2, 0.25) is 0 Å². The number of nitrogens with zero attached hydrogens (tertiary/aromatic N) is 2. The maximum absolute atomic E-state index is 12.3. The number of nitrogens with one attached hydrogen (secondary N) is 2. The number of pyridine rings is 1. The molecule has 0 radical (unpaired) electrons. The first-order valence-corrected chi connectivity index (χ1v) is 6.37. The van der Waals surface area contributed by atoms with Crippen LogP contribution in [0.25, 0.3) is 0 Å². The number of nitrogens with two attached hydrogens (primary N) is 1. The third-order valence-electron chi connectivity index (χ3n) is 2.71. The molecule has 1 amide bonds. The van der Waals surface area contributed by atoms with Crippen LogP contribution in [-0.4, -0.2) is 10.9 Å². The van der Waals surface area contributed by atoms with Crippen LogP contribution >= 0.6 is 11.6 Å². The number of hydrogen-bond donors (Lipinski definition) is 3. The number of aromatic nitrogens is 1. The fraction of sp³-hybridized carbons (Fsp3) is 0.0714. The van der Waals surface area contributed by atoms with Crippen molar-refractivity contribution in [3.05, 3.63) is 52.2 Å². The van der Waals surface area contributed by atoms with Crippen molar-refractivity contribution in [2.45, 2.75) is 6.92 Å². The molecule has 106 valence electrons. The van der Waals surface area contributed by atoms with Crippen LogP contribution in [0.15, 0.2) is 30.3 Å². The standard InChI is InChI=1S/C14H12ClN5O/c1-8-4-10(5-13(18-8)20-17)14(21)19-12-6-11(15)3-2-9(12)7-16/h2-6H,17H2,1H3,(H,18,20)(H,19,21). The zero-order valence-electron chi connectivity index (χ0n) is 11.1. The SMILES string of the molecule is Cc1cc(C(=O)Nc2cc(Cl)ccc2C#N)cc(NN)n1. The fourth-order valence-corrected chi connectivity index (χ4v) is 1.96. The van der Waals surface area contributed by atoms with Crippen LogP contribution in [0.4, 0.5) is 11.5 Å². The lowest BCUT2D eigenvalue weighted by molar-refractivity contribution is 0.102. The summed E-state index contributed by atoms with van der Waals surface area (Å²) in [5.74, 6) is 5.30. The van der Waals surface area contributed by atoms with Crippen LogP contribution in [0.3, 0.4) is 0 Å². The molecule has 0 aliphatic heterocycles. The van der Waals surface area contributed by atoms with Gasteiger partial charge in [-0.15, -0.1) is 0 Å². The highest BCUT2D eigenvalue weighted by atomic mass is 35.5. The molecule has 2 aromatic rings. The summed E-state index contributed by atoms with van der Waals surface area (Å²) in [4.78, 5) is 16.4. The summed E-state index contributed by atoms with van der Waals surface area (Å²) in [6.45, 7) is 1.75. The Labute approximate surface area is 126 Å². The Kier molecular flexibility index (Phi) is 4.38. The summed E-state index contributed by atoms with van der Waals surface area (Å²) in [6, 6.07) is 9.78. The van der Waals surface area contributed by atoms with E-state index in [-0.39, 0.29) is 5.91 Å². The molecular formula is C14H12ClN5O. The third kappa shape index (κ3) is 3.48. The van der Waals surface area contributed by atoms with Gasteiger partial charge < -0.3 is 10.7 Å². The lowest BCUT2D eigenvalue weighted by Gasteiger charge is -2.09. The molecule has 6 nitrogen and oxygen atoms in total. The predicted octanol–water partition coefficient (Wildman–Crippen LogP) is 2.45. The highest BCUT2D eigenvalue weighted by Gasteiger charge is 2.11. The third-order valence-corrected chi connectivity index (χ3v) is 2.95. The first-order valence-electron chi connectivity index (χ1n) is 6.00. The normalized spacial score (nSPS) is 9.81. The van der Waals surface area contributed by atoms with Crippen molar-refractivity contribution in [1.82, 2.24) is 4.98 Å². The average Bonchev–Trinajstić information content (AvgIpc) is 2.46. The van der Waals surface area contributed by atoms with E-state index in [0.29, 0.717) is 33.3 Å². The molecule has 21 heavy (non-hydrogen) atoms. The monoisotopic (exact) mass is 301 g/mol. The maximum Gasteiger partial charge on any atom is 0.255 e. The van der Waals surface area contributed by atoms with E-state index >= 15 is 0 Å². The summed E-state index contributed by atoms with van der Waals surface area (Å²) in [5, 5.41) is 12.1. The Bertz CT molecular complexity index is 739. The van der Waals surface area contributed by atoms with Crippen LogP contribution < -0.4 is 16.6 Å². The number of nitrogen functional groups attached to an aromatic ring is 1. The molecule has 7 heteroatoms.